The highest BCUT2D eigenvalue weighted by Crippen LogP contribution is 2.29. The van der Waals surface area contributed by atoms with E-state index in [4.69, 9.17) is 4.74 Å². The summed E-state index contributed by atoms with van der Waals surface area (Å²) in [5.74, 6) is 2.68. The van der Waals surface area contributed by atoms with E-state index in [2.05, 4.69) is 71.7 Å². The van der Waals surface area contributed by atoms with Gasteiger partial charge in [0.05, 0.1) is 6.61 Å². The zero-order valence-corrected chi connectivity index (χ0v) is 20.7. The summed E-state index contributed by atoms with van der Waals surface area (Å²) in [7, 11) is 0. The van der Waals surface area contributed by atoms with E-state index in [0.29, 0.717) is 0 Å². The molecule has 0 saturated carbocycles. The Morgan fingerprint density at radius 1 is 0.970 bits per heavy atom. The highest BCUT2D eigenvalue weighted by molar-refractivity contribution is 5.31. The molecule has 2 fully saturated rings. The number of likely N-dealkylation sites (tertiary alicyclic amines) is 1. The third kappa shape index (κ3) is 7.58. The van der Waals surface area contributed by atoms with Gasteiger partial charge in [-0.2, -0.15) is 0 Å². The van der Waals surface area contributed by atoms with E-state index in [1.807, 2.05) is 0 Å². The van der Waals surface area contributed by atoms with E-state index in [1.54, 1.807) is 0 Å². The van der Waals surface area contributed by atoms with Gasteiger partial charge in [-0.1, -0.05) is 62.2 Å². The summed E-state index contributed by atoms with van der Waals surface area (Å²) >= 11 is 0. The molecule has 0 aliphatic carbocycles. The molecule has 3 nitrogen and oxygen atoms in total. The van der Waals surface area contributed by atoms with Gasteiger partial charge in [0.2, 0.25) is 0 Å². The van der Waals surface area contributed by atoms with Crippen LogP contribution in [0, 0.1) is 11.8 Å². The van der Waals surface area contributed by atoms with Crippen LogP contribution in [0.1, 0.15) is 69.4 Å². The molecule has 1 N–H and O–H groups in total. The van der Waals surface area contributed by atoms with Gasteiger partial charge >= 0.3 is 0 Å². The van der Waals surface area contributed by atoms with Crippen molar-refractivity contribution in [1.29, 1.82) is 0 Å². The first kappa shape index (κ1) is 24.3. The van der Waals surface area contributed by atoms with Crippen LogP contribution < -0.4 is 10.1 Å². The summed E-state index contributed by atoms with van der Waals surface area (Å²) in [5, 5.41) is 3.66. The highest BCUT2D eigenvalue weighted by atomic mass is 16.5. The fraction of sp³-hybridized carbons (Fsp3) is 0.600. The van der Waals surface area contributed by atoms with Gasteiger partial charge in [0.1, 0.15) is 5.75 Å². The maximum atomic E-state index is 6.11. The van der Waals surface area contributed by atoms with Gasteiger partial charge in [0.15, 0.2) is 0 Å². The van der Waals surface area contributed by atoms with Gasteiger partial charge in [-0.3, -0.25) is 0 Å². The van der Waals surface area contributed by atoms with Gasteiger partial charge in [-0.25, -0.2) is 0 Å². The van der Waals surface area contributed by atoms with Crippen molar-refractivity contribution in [3.8, 4) is 5.75 Å². The molecule has 0 spiro atoms. The number of piperidine rings is 2. The first-order chi connectivity index (χ1) is 16.3. The molecular formula is C30H44N2O. The number of hydrogen-bond donors (Lipinski definition) is 1. The molecule has 3 heteroatoms. The number of unbranched alkanes of at least 4 members (excludes halogenated alkanes) is 1. The molecule has 0 radical (unpaired) electrons. The summed E-state index contributed by atoms with van der Waals surface area (Å²) in [4.78, 5) is 2.84. The molecule has 0 amide bonds. The second-order valence-electron chi connectivity index (χ2n) is 10.2. The van der Waals surface area contributed by atoms with Crippen molar-refractivity contribution in [2.75, 3.05) is 32.8 Å². The second-order valence-corrected chi connectivity index (χ2v) is 10.2. The first-order valence-electron chi connectivity index (χ1n) is 13.5. The Bertz CT molecular complexity index is 777. The minimum absolute atomic E-state index is 0.796. The Morgan fingerprint density at radius 3 is 2.42 bits per heavy atom. The molecule has 33 heavy (non-hydrogen) atoms. The Hall–Kier alpha value is -1.84. The SMILES string of the molecule is CCCCC(C1CCCNC1)N1CCC(CCOc2ccc(Cc3ccccc3)cc2)CC1. The predicted octanol–water partition coefficient (Wildman–Crippen LogP) is 6.32. The van der Waals surface area contributed by atoms with Crippen molar-refractivity contribution in [3.05, 3.63) is 65.7 Å². The summed E-state index contributed by atoms with van der Waals surface area (Å²) in [6, 6.07) is 20.1. The van der Waals surface area contributed by atoms with Crippen LogP contribution >= 0.6 is 0 Å². The van der Waals surface area contributed by atoms with E-state index in [-0.39, 0.29) is 0 Å². The van der Waals surface area contributed by atoms with Crippen molar-refractivity contribution >= 4 is 0 Å². The van der Waals surface area contributed by atoms with Gasteiger partial charge in [-0.05, 0) is 106 Å². The Balaban J connectivity index is 1.17. The third-order valence-corrected chi connectivity index (χ3v) is 7.82. The minimum Gasteiger partial charge on any atom is -0.494 e. The molecule has 0 aromatic heterocycles. The summed E-state index contributed by atoms with van der Waals surface area (Å²) in [6.45, 7) is 8.18. The quantitative estimate of drug-likeness (QED) is 0.435. The van der Waals surface area contributed by atoms with E-state index >= 15 is 0 Å². The van der Waals surface area contributed by atoms with Crippen LogP contribution in [0.3, 0.4) is 0 Å². The zero-order chi connectivity index (χ0) is 22.7. The van der Waals surface area contributed by atoms with E-state index in [9.17, 15) is 0 Å². The fourth-order valence-electron chi connectivity index (χ4n) is 5.79. The molecule has 2 heterocycles. The molecule has 2 atom stereocenters. The van der Waals surface area contributed by atoms with Crippen LogP contribution in [0.5, 0.6) is 5.75 Å². The van der Waals surface area contributed by atoms with Crippen molar-refractivity contribution in [1.82, 2.24) is 10.2 Å². The predicted molar refractivity (Wildman–Crippen MR) is 139 cm³/mol. The number of hydrogen-bond acceptors (Lipinski definition) is 3. The third-order valence-electron chi connectivity index (χ3n) is 7.82. The smallest absolute Gasteiger partial charge is 0.119 e. The maximum absolute atomic E-state index is 6.11. The van der Waals surface area contributed by atoms with E-state index in [0.717, 1.165) is 36.7 Å². The molecule has 2 aliphatic rings. The van der Waals surface area contributed by atoms with Crippen LogP contribution in [-0.4, -0.2) is 43.7 Å². The molecular weight excluding hydrogens is 404 g/mol. The monoisotopic (exact) mass is 448 g/mol. The molecule has 180 valence electrons. The van der Waals surface area contributed by atoms with Gasteiger partial charge < -0.3 is 15.0 Å². The zero-order valence-electron chi connectivity index (χ0n) is 20.7. The summed E-state index contributed by atoms with van der Waals surface area (Å²) < 4.78 is 6.11. The van der Waals surface area contributed by atoms with Crippen molar-refractivity contribution in [2.24, 2.45) is 11.8 Å². The van der Waals surface area contributed by atoms with Crippen LogP contribution in [0.4, 0.5) is 0 Å². The van der Waals surface area contributed by atoms with Crippen molar-refractivity contribution in [2.45, 2.75) is 70.8 Å². The number of nitrogens with one attached hydrogen (secondary N) is 1. The van der Waals surface area contributed by atoms with Crippen LogP contribution in [0.2, 0.25) is 0 Å². The topological polar surface area (TPSA) is 24.5 Å². The molecule has 0 bridgehead atoms. The lowest BCUT2D eigenvalue weighted by atomic mass is 9.85. The lowest BCUT2D eigenvalue weighted by Gasteiger charge is -2.42. The van der Waals surface area contributed by atoms with Crippen molar-refractivity contribution < 1.29 is 4.74 Å². The lowest BCUT2D eigenvalue weighted by molar-refractivity contribution is 0.0716. The van der Waals surface area contributed by atoms with Crippen LogP contribution in [0.15, 0.2) is 54.6 Å². The van der Waals surface area contributed by atoms with E-state index in [1.165, 1.54) is 88.7 Å². The lowest BCUT2D eigenvalue weighted by Crippen LogP contribution is -2.49. The van der Waals surface area contributed by atoms with E-state index < -0.39 is 0 Å². The van der Waals surface area contributed by atoms with Gasteiger partial charge in [-0.15, -0.1) is 0 Å². The van der Waals surface area contributed by atoms with Crippen LogP contribution in [-0.2, 0) is 6.42 Å². The Kier molecular flexibility index (Phi) is 9.68. The van der Waals surface area contributed by atoms with Gasteiger partial charge in [0.25, 0.3) is 0 Å². The number of benzene rings is 2. The average molecular weight is 449 g/mol. The molecule has 2 saturated heterocycles. The fourth-order valence-corrected chi connectivity index (χ4v) is 5.79. The van der Waals surface area contributed by atoms with Crippen LogP contribution in [0.25, 0.3) is 0 Å². The molecule has 4 rings (SSSR count). The first-order valence-corrected chi connectivity index (χ1v) is 13.5. The number of nitrogens with zero attached hydrogens (tertiary/aromatic N) is 1. The molecule has 2 aromatic rings. The average Bonchev–Trinajstić information content (AvgIpc) is 2.87. The summed E-state index contributed by atoms with van der Waals surface area (Å²) in [6.07, 6.45) is 11.7. The molecule has 2 aromatic carbocycles. The normalized spacial score (nSPS) is 21.1. The Labute approximate surface area is 201 Å². The standard InChI is InChI=1S/C30H44N2O/c1-2-3-11-30(28-10-7-19-31-24-28)32-20-16-25(17-21-32)18-22-33-29-14-12-27(13-15-29)23-26-8-5-4-6-9-26/h4-6,8-9,12-15,25,28,30-31H,2-3,7,10-11,16-24H2,1H3. The van der Waals surface area contributed by atoms with Crippen molar-refractivity contribution in [3.63, 3.8) is 0 Å². The minimum atomic E-state index is 0.796. The summed E-state index contributed by atoms with van der Waals surface area (Å²) in [5.41, 5.74) is 2.70. The molecule has 2 aliphatic heterocycles. The highest BCUT2D eigenvalue weighted by Gasteiger charge is 2.31. The number of rotatable bonds is 11. The Morgan fingerprint density at radius 2 is 1.73 bits per heavy atom. The second kappa shape index (κ2) is 13.2. The van der Waals surface area contributed by atoms with Gasteiger partial charge in [0, 0.05) is 6.04 Å². The molecule has 2 unspecified atom stereocenters. The largest absolute Gasteiger partial charge is 0.494 e. The number of ether oxygens (including phenoxy) is 1. The maximum Gasteiger partial charge on any atom is 0.119 e.